The number of hydrogen-bond acceptors (Lipinski definition) is 2. The number of aromatic nitrogens is 2. The van der Waals surface area contributed by atoms with Crippen LogP contribution in [0.4, 0.5) is 5.95 Å². The quantitative estimate of drug-likeness (QED) is 0.635. The molecule has 1 rings (SSSR count). The number of aromatic amines is 1. The molecular formula is C8H15N3. The van der Waals surface area contributed by atoms with Crippen LogP contribution in [0.3, 0.4) is 0 Å². The average molecular weight is 153 g/mol. The lowest BCUT2D eigenvalue weighted by Crippen LogP contribution is -2.02. The van der Waals surface area contributed by atoms with E-state index in [1.165, 1.54) is 19.3 Å². The zero-order valence-electron chi connectivity index (χ0n) is 6.93. The van der Waals surface area contributed by atoms with E-state index in [1.54, 1.807) is 6.20 Å². The Morgan fingerprint density at radius 1 is 1.55 bits per heavy atom. The number of rotatable bonds is 5. The molecule has 0 saturated heterocycles. The molecular weight excluding hydrogens is 138 g/mol. The molecule has 0 aliphatic carbocycles. The molecule has 3 nitrogen and oxygen atoms in total. The molecule has 0 fully saturated rings. The van der Waals surface area contributed by atoms with Crippen LogP contribution >= 0.6 is 0 Å². The van der Waals surface area contributed by atoms with E-state index in [0.29, 0.717) is 0 Å². The molecule has 0 bridgehead atoms. The van der Waals surface area contributed by atoms with Crippen molar-refractivity contribution in [2.75, 3.05) is 11.9 Å². The first-order valence-electron chi connectivity index (χ1n) is 4.16. The summed E-state index contributed by atoms with van der Waals surface area (Å²) in [7, 11) is 0. The Bertz CT molecular complexity index is 169. The van der Waals surface area contributed by atoms with E-state index >= 15 is 0 Å². The van der Waals surface area contributed by atoms with Crippen LogP contribution in [-0.4, -0.2) is 16.5 Å². The molecule has 0 aliphatic rings. The van der Waals surface area contributed by atoms with Gasteiger partial charge in [-0.05, 0) is 6.42 Å². The molecule has 0 aromatic carbocycles. The van der Waals surface area contributed by atoms with E-state index in [1.807, 2.05) is 6.20 Å². The molecule has 0 amide bonds. The van der Waals surface area contributed by atoms with Gasteiger partial charge in [0.15, 0.2) is 5.95 Å². The first-order valence-corrected chi connectivity index (χ1v) is 4.16. The van der Waals surface area contributed by atoms with Gasteiger partial charge in [0.05, 0.1) is 0 Å². The molecule has 1 heterocycles. The van der Waals surface area contributed by atoms with Gasteiger partial charge in [0.25, 0.3) is 0 Å². The van der Waals surface area contributed by atoms with Gasteiger partial charge < -0.3 is 10.3 Å². The summed E-state index contributed by atoms with van der Waals surface area (Å²) in [6.45, 7) is 3.22. The van der Waals surface area contributed by atoms with Gasteiger partial charge in [-0.1, -0.05) is 19.8 Å². The smallest absolute Gasteiger partial charge is 0.200 e. The number of anilines is 1. The fourth-order valence-electron chi connectivity index (χ4n) is 0.944. The summed E-state index contributed by atoms with van der Waals surface area (Å²) in [5, 5.41) is 3.19. The standard InChI is InChI=1S/C8H15N3/c1-2-3-4-5-9-8-10-6-7-11-8/h6-7H,2-5H2,1H3,(H2,9,10,11). The van der Waals surface area contributed by atoms with Gasteiger partial charge in [0.2, 0.25) is 0 Å². The van der Waals surface area contributed by atoms with E-state index < -0.39 is 0 Å². The van der Waals surface area contributed by atoms with Crippen molar-refractivity contribution in [3.63, 3.8) is 0 Å². The van der Waals surface area contributed by atoms with E-state index in [-0.39, 0.29) is 0 Å². The van der Waals surface area contributed by atoms with E-state index in [0.717, 1.165) is 12.5 Å². The van der Waals surface area contributed by atoms with Gasteiger partial charge in [-0.3, -0.25) is 0 Å². The molecule has 0 aliphatic heterocycles. The van der Waals surface area contributed by atoms with Crippen LogP contribution in [-0.2, 0) is 0 Å². The van der Waals surface area contributed by atoms with Gasteiger partial charge in [0, 0.05) is 18.9 Å². The normalized spacial score (nSPS) is 9.91. The van der Waals surface area contributed by atoms with Crippen molar-refractivity contribution in [3.8, 4) is 0 Å². The molecule has 0 atom stereocenters. The molecule has 62 valence electrons. The molecule has 0 unspecified atom stereocenters. The molecule has 11 heavy (non-hydrogen) atoms. The minimum absolute atomic E-state index is 0.876. The summed E-state index contributed by atoms with van der Waals surface area (Å²) < 4.78 is 0. The topological polar surface area (TPSA) is 40.7 Å². The highest BCUT2D eigenvalue weighted by Crippen LogP contribution is 1.97. The number of nitrogens with one attached hydrogen (secondary N) is 2. The Morgan fingerprint density at radius 3 is 3.09 bits per heavy atom. The summed E-state index contributed by atoms with van der Waals surface area (Å²) in [6, 6.07) is 0. The largest absolute Gasteiger partial charge is 0.356 e. The van der Waals surface area contributed by atoms with Gasteiger partial charge in [-0.25, -0.2) is 4.98 Å². The predicted molar refractivity (Wildman–Crippen MR) is 46.6 cm³/mol. The summed E-state index contributed by atoms with van der Waals surface area (Å²) in [4.78, 5) is 7.04. The third kappa shape index (κ3) is 3.07. The second-order valence-corrected chi connectivity index (χ2v) is 2.57. The first kappa shape index (κ1) is 8.11. The lowest BCUT2D eigenvalue weighted by molar-refractivity contribution is 0.741. The fraction of sp³-hybridized carbons (Fsp3) is 0.625. The fourth-order valence-corrected chi connectivity index (χ4v) is 0.944. The van der Waals surface area contributed by atoms with Crippen molar-refractivity contribution in [2.45, 2.75) is 26.2 Å². The Kier molecular flexibility index (Phi) is 3.52. The maximum atomic E-state index is 4.05. The summed E-state index contributed by atoms with van der Waals surface area (Å²) >= 11 is 0. The minimum Gasteiger partial charge on any atom is -0.356 e. The molecule has 0 radical (unpaired) electrons. The molecule has 2 N–H and O–H groups in total. The lowest BCUT2D eigenvalue weighted by atomic mass is 10.2. The van der Waals surface area contributed by atoms with Crippen LogP contribution in [0, 0.1) is 0 Å². The summed E-state index contributed by atoms with van der Waals surface area (Å²) in [6.07, 6.45) is 7.34. The van der Waals surface area contributed by atoms with Crippen molar-refractivity contribution < 1.29 is 0 Å². The number of imidazole rings is 1. The van der Waals surface area contributed by atoms with Crippen LogP contribution in [0.5, 0.6) is 0 Å². The number of nitrogens with zero attached hydrogens (tertiary/aromatic N) is 1. The van der Waals surface area contributed by atoms with Crippen molar-refractivity contribution in [3.05, 3.63) is 12.4 Å². The maximum Gasteiger partial charge on any atom is 0.200 e. The highest BCUT2D eigenvalue weighted by Gasteiger charge is 1.90. The van der Waals surface area contributed by atoms with Gasteiger partial charge in [-0.15, -0.1) is 0 Å². The van der Waals surface area contributed by atoms with Crippen LogP contribution in [0.15, 0.2) is 12.4 Å². The van der Waals surface area contributed by atoms with E-state index in [2.05, 4.69) is 22.2 Å². The van der Waals surface area contributed by atoms with Crippen LogP contribution < -0.4 is 5.32 Å². The zero-order chi connectivity index (χ0) is 7.94. The Balaban J connectivity index is 2.04. The second-order valence-electron chi connectivity index (χ2n) is 2.57. The molecule has 1 aromatic heterocycles. The monoisotopic (exact) mass is 153 g/mol. The van der Waals surface area contributed by atoms with Crippen molar-refractivity contribution in [1.82, 2.24) is 9.97 Å². The van der Waals surface area contributed by atoms with Crippen LogP contribution in [0.2, 0.25) is 0 Å². The van der Waals surface area contributed by atoms with Gasteiger partial charge in [-0.2, -0.15) is 0 Å². The zero-order valence-corrected chi connectivity index (χ0v) is 6.93. The molecule has 0 spiro atoms. The first-order chi connectivity index (χ1) is 5.43. The third-order valence-corrected chi connectivity index (χ3v) is 1.57. The Morgan fingerprint density at radius 2 is 2.45 bits per heavy atom. The maximum absolute atomic E-state index is 4.05. The Hall–Kier alpha value is -0.990. The summed E-state index contributed by atoms with van der Waals surface area (Å²) in [5.41, 5.74) is 0. The number of hydrogen-bond donors (Lipinski definition) is 2. The average Bonchev–Trinajstić information content (AvgIpc) is 2.50. The highest BCUT2D eigenvalue weighted by molar-refractivity contribution is 5.21. The number of H-pyrrole nitrogens is 1. The van der Waals surface area contributed by atoms with E-state index in [9.17, 15) is 0 Å². The van der Waals surface area contributed by atoms with Crippen molar-refractivity contribution >= 4 is 5.95 Å². The molecule has 1 aromatic rings. The second kappa shape index (κ2) is 4.77. The van der Waals surface area contributed by atoms with Crippen molar-refractivity contribution in [2.24, 2.45) is 0 Å². The number of unbranched alkanes of at least 4 members (excludes halogenated alkanes) is 2. The van der Waals surface area contributed by atoms with Crippen molar-refractivity contribution in [1.29, 1.82) is 0 Å². The predicted octanol–water partition coefficient (Wildman–Crippen LogP) is 2.01. The van der Waals surface area contributed by atoms with Gasteiger partial charge >= 0.3 is 0 Å². The molecule has 0 saturated carbocycles. The minimum atomic E-state index is 0.876. The molecule has 3 heteroatoms. The highest BCUT2D eigenvalue weighted by atomic mass is 15.1. The summed E-state index contributed by atoms with van der Waals surface area (Å²) in [5.74, 6) is 0.876. The lowest BCUT2D eigenvalue weighted by Gasteiger charge is -2.00. The Labute approximate surface area is 67.2 Å². The van der Waals surface area contributed by atoms with Crippen LogP contribution in [0.25, 0.3) is 0 Å². The van der Waals surface area contributed by atoms with E-state index in [4.69, 9.17) is 0 Å². The SMILES string of the molecule is CCCCCNc1ncc[nH]1. The third-order valence-electron chi connectivity index (χ3n) is 1.57. The van der Waals surface area contributed by atoms with Crippen LogP contribution in [0.1, 0.15) is 26.2 Å². The van der Waals surface area contributed by atoms with Gasteiger partial charge in [0.1, 0.15) is 0 Å².